The number of nitrogens with zero attached hydrogens (tertiary/aromatic N) is 5. The molecular formula is C17H18ClN5O. The topological polar surface area (TPSA) is 67.1 Å². The van der Waals surface area contributed by atoms with Crippen LogP contribution in [-0.4, -0.2) is 37.7 Å². The van der Waals surface area contributed by atoms with E-state index in [2.05, 4.69) is 19.9 Å². The summed E-state index contributed by atoms with van der Waals surface area (Å²) in [7, 11) is 1.91. The zero-order valence-electron chi connectivity index (χ0n) is 13.4. The van der Waals surface area contributed by atoms with Gasteiger partial charge in [-0.3, -0.25) is 4.98 Å². The number of benzene rings is 1. The molecule has 0 aliphatic carbocycles. The highest BCUT2D eigenvalue weighted by Crippen LogP contribution is 2.33. The Morgan fingerprint density at radius 2 is 1.96 bits per heavy atom. The van der Waals surface area contributed by atoms with Crippen molar-refractivity contribution in [1.82, 2.24) is 19.5 Å². The highest BCUT2D eigenvalue weighted by Gasteiger charge is 2.37. The van der Waals surface area contributed by atoms with E-state index in [0.717, 1.165) is 22.7 Å². The minimum absolute atomic E-state index is 0.609. The second kappa shape index (κ2) is 5.72. The molecule has 0 bridgehead atoms. The number of rotatable bonds is 2. The number of anilines is 1. The number of hydrogen-bond donors (Lipinski definition) is 1. The van der Waals surface area contributed by atoms with Crippen LogP contribution in [0, 0.1) is 0 Å². The first-order chi connectivity index (χ1) is 11.5. The molecule has 0 atom stereocenters. The summed E-state index contributed by atoms with van der Waals surface area (Å²) >= 11 is 5.99. The first-order valence-electron chi connectivity index (χ1n) is 7.93. The van der Waals surface area contributed by atoms with Crippen LogP contribution in [0.1, 0.15) is 18.7 Å². The quantitative estimate of drug-likeness (QED) is 0.774. The zero-order chi connectivity index (χ0) is 16.7. The van der Waals surface area contributed by atoms with Gasteiger partial charge in [-0.05, 0) is 18.2 Å². The molecule has 0 radical (unpaired) electrons. The molecular weight excluding hydrogens is 326 g/mol. The Morgan fingerprint density at radius 1 is 1.17 bits per heavy atom. The third-order valence-electron chi connectivity index (χ3n) is 4.64. The molecule has 3 aromatic rings. The standard InChI is InChI=1S/C17H18ClN5O/c1-22-9-6-19-16(22)17(24)4-7-23(8-5-17)15-11-20-14-10-12(18)2-3-13(14)21-15/h2-3,6,9-11,24H,4-5,7-8H2,1H3. The van der Waals surface area contributed by atoms with Crippen LogP contribution in [0.25, 0.3) is 11.0 Å². The third-order valence-corrected chi connectivity index (χ3v) is 4.88. The number of imidazole rings is 1. The summed E-state index contributed by atoms with van der Waals surface area (Å²) in [5.74, 6) is 1.55. The number of aromatic nitrogens is 4. The fourth-order valence-corrected chi connectivity index (χ4v) is 3.44. The molecule has 0 amide bonds. The second-order valence-corrected chi connectivity index (χ2v) is 6.68. The Hall–Kier alpha value is -2.18. The Kier molecular flexibility index (Phi) is 3.66. The molecule has 3 heterocycles. The molecule has 24 heavy (non-hydrogen) atoms. The molecule has 1 fully saturated rings. The lowest BCUT2D eigenvalue weighted by molar-refractivity contribution is 0.000671. The molecule has 1 aliphatic rings. The lowest BCUT2D eigenvalue weighted by Crippen LogP contribution is -2.44. The summed E-state index contributed by atoms with van der Waals surface area (Å²) < 4.78 is 1.88. The average Bonchev–Trinajstić information content (AvgIpc) is 3.02. The highest BCUT2D eigenvalue weighted by molar-refractivity contribution is 6.31. The number of aliphatic hydroxyl groups is 1. The van der Waals surface area contributed by atoms with E-state index >= 15 is 0 Å². The van der Waals surface area contributed by atoms with E-state index in [1.807, 2.05) is 36.0 Å². The number of fused-ring (bicyclic) bond motifs is 1. The average molecular weight is 344 g/mol. The van der Waals surface area contributed by atoms with Crippen LogP contribution in [0.15, 0.2) is 36.8 Å². The highest BCUT2D eigenvalue weighted by atomic mass is 35.5. The predicted octanol–water partition coefficient (Wildman–Crippen LogP) is 2.50. The maximum Gasteiger partial charge on any atom is 0.147 e. The molecule has 0 spiro atoms. The van der Waals surface area contributed by atoms with Crippen LogP contribution >= 0.6 is 11.6 Å². The first-order valence-corrected chi connectivity index (χ1v) is 8.30. The first kappa shape index (κ1) is 15.4. The molecule has 4 rings (SSSR count). The van der Waals surface area contributed by atoms with Crippen molar-refractivity contribution in [1.29, 1.82) is 0 Å². The second-order valence-electron chi connectivity index (χ2n) is 6.24. The van der Waals surface area contributed by atoms with Gasteiger partial charge in [-0.2, -0.15) is 0 Å². The minimum Gasteiger partial charge on any atom is -0.382 e. The van der Waals surface area contributed by atoms with Crippen LogP contribution in [0.2, 0.25) is 5.02 Å². The van der Waals surface area contributed by atoms with E-state index in [1.165, 1.54) is 0 Å². The zero-order valence-corrected chi connectivity index (χ0v) is 14.1. The molecule has 6 nitrogen and oxygen atoms in total. The molecule has 0 unspecified atom stereocenters. The monoisotopic (exact) mass is 343 g/mol. The van der Waals surface area contributed by atoms with Gasteiger partial charge in [-0.15, -0.1) is 0 Å². The van der Waals surface area contributed by atoms with Gasteiger partial charge >= 0.3 is 0 Å². The summed E-state index contributed by atoms with van der Waals surface area (Å²) in [5, 5.41) is 11.6. The number of halogens is 1. The van der Waals surface area contributed by atoms with Crippen LogP contribution in [0.4, 0.5) is 5.82 Å². The molecule has 1 saturated heterocycles. The fourth-order valence-electron chi connectivity index (χ4n) is 3.27. The van der Waals surface area contributed by atoms with Gasteiger partial charge in [-0.25, -0.2) is 9.97 Å². The van der Waals surface area contributed by atoms with E-state index in [1.54, 1.807) is 12.4 Å². The van der Waals surface area contributed by atoms with E-state index in [0.29, 0.717) is 31.0 Å². The van der Waals surface area contributed by atoms with E-state index in [-0.39, 0.29) is 0 Å². The van der Waals surface area contributed by atoms with Crippen molar-refractivity contribution in [2.75, 3.05) is 18.0 Å². The van der Waals surface area contributed by atoms with Gasteiger partial charge in [-0.1, -0.05) is 11.6 Å². The maximum atomic E-state index is 10.9. The molecule has 1 aromatic carbocycles. The normalized spacial score (nSPS) is 17.4. The number of piperidine rings is 1. The summed E-state index contributed by atoms with van der Waals surface area (Å²) in [6.07, 6.45) is 6.57. The van der Waals surface area contributed by atoms with Gasteiger partial charge in [0.1, 0.15) is 17.2 Å². The lowest BCUT2D eigenvalue weighted by atomic mass is 9.90. The van der Waals surface area contributed by atoms with Crippen molar-refractivity contribution < 1.29 is 5.11 Å². The smallest absolute Gasteiger partial charge is 0.147 e. The predicted molar refractivity (Wildman–Crippen MR) is 93.1 cm³/mol. The van der Waals surface area contributed by atoms with E-state index in [9.17, 15) is 5.11 Å². The van der Waals surface area contributed by atoms with Crippen molar-refractivity contribution in [3.05, 3.63) is 47.6 Å². The van der Waals surface area contributed by atoms with E-state index in [4.69, 9.17) is 11.6 Å². The Bertz CT molecular complexity index is 886. The molecule has 124 valence electrons. The molecule has 1 aliphatic heterocycles. The van der Waals surface area contributed by atoms with Crippen molar-refractivity contribution in [2.24, 2.45) is 7.05 Å². The summed E-state index contributed by atoms with van der Waals surface area (Å²) in [5.41, 5.74) is 0.724. The largest absolute Gasteiger partial charge is 0.382 e. The molecule has 7 heteroatoms. The van der Waals surface area contributed by atoms with Gasteiger partial charge in [0.2, 0.25) is 0 Å². The van der Waals surface area contributed by atoms with E-state index < -0.39 is 5.60 Å². The lowest BCUT2D eigenvalue weighted by Gasteiger charge is -2.38. The van der Waals surface area contributed by atoms with Gasteiger partial charge < -0.3 is 14.6 Å². The van der Waals surface area contributed by atoms with Crippen LogP contribution in [-0.2, 0) is 12.6 Å². The molecule has 0 saturated carbocycles. The van der Waals surface area contributed by atoms with Crippen molar-refractivity contribution in [2.45, 2.75) is 18.4 Å². The maximum absolute atomic E-state index is 10.9. The molecule has 2 aromatic heterocycles. The van der Waals surface area contributed by atoms with Gasteiger partial charge in [0.05, 0.1) is 17.2 Å². The Balaban J connectivity index is 1.55. The Morgan fingerprint density at radius 3 is 2.67 bits per heavy atom. The van der Waals surface area contributed by atoms with Crippen LogP contribution < -0.4 is 4.90 Å². The van der Waals surface area contributed by atoms with Crippen molar-refractivity contribution >= 4 is 28.5 Å². The minimum atomic E-state index is -0.882. The third kappa shape index (κ3) is 2.61. The number of aryl methyl sites for hydroxylation is 1. The van der Waals surface area contributed by atoms with Gasteiger partial charge in [0.25, 0.3) is 0 Å². The Labute approximate surface area is 144 Å². The van der Waals surface area contributed by atoms with Gasteiger partial charge in [0, 0.05) is 50.4 Å². The summed E-state index contributed by atoms with van der Waals surface area (Å²) in [4.78, 5) is 15.6. The van der Waals surface area contributed by atoms with Gasteiger partial charge in [0.15, 0.2) is 0 Å². The van der Waals surface area contributed by atoms with Crippen LogP contribution in [0.3, 0.4) is 0 Å². The van der Waals surface area contributed by atoms with Crippen LogP contribution in [0.5, 0.6) is 0 Å². The van der Waals surface area contributed by atoms with Crippen molar-refractivity contribution in [3.8, 4) is 0 Å². The van der Waals surface area contributed by atoms with Crippen molar-refractivity contribution in [3.63, 3.8) is 0 Å². The fraction of sp³-hybridized carbons (Fsp3) is 0.353. The molecule has 1 N–H and O–H groups in total. The summed E-state index contributed by atoms with van der Waals surface area (Å²) in [6, 6.07) is 5.50. The number of hydrogen-bond acceptors (Lipinski definition) is 5. The summed E-state index contributed by atoms with van der Waals surface area (Å²) in [6.45, 7) is 1.41. The SMILES string of the molecule is Cn1ccnc1C1(O)CCN(c2cnc3cc(Cl)ccc3n2)CC1.